The first-order valence-electron chi connectivity index (χ1n) is 6.51. The van der Waals surface area contributed by atoms with E-state index in [4.69, 9.17) is 9.47 Å². The molecule has 2 rings (SSSR count). The number of alkyl halides is 3. The summed E-state index contributed by atoms with van der Waals surface area (Å²) in [6.07, 6.45) is -2.87. The summed E-state index contributed by atoms with van der Waals surface area (Å²) in [7, 11) is 2.65. The Bertz CT molecular complexity index is 468. The second kappa shape index (κ2) is 5.91. The maximum absolute atomic E-state index is 13.2. The van der Waals surface area contributed by atoms with Gasteiger partial charge < -0.3 is 14.8 Å². The van der Waals surface area contributed by atoms with Gasteiger partial charge >= 0.3 is 6.18 Å². The van der Waals surface area contributed by atoms with Crippen LogP contribution in [0.4, 0.5) is 13.2 Å². The molecule has 1 aliphatic heterocycles. The van der Waals surface area contributed by atoms with Gasteiger partial charge in [0.1, 0.15) is 17.1 Å². The van der Waals surface area contributed by atoms with E-state index in [0.717, 1.165) is 32.0 Å². The number of halogens is 3. The summed E-state index contributed by atoms with van der Waals surface area (Å²) in [5, 5.41) is 3.20. The van der Waals surface area contributed by atoms with Crippen molar-refractivity contribution in [1.82, 2.24) is 5.32 Å². The van der Waals surface area contributed by atoms with Crippen molar-refractivity contribution in [1.29, 1.82) is 0 Å². The summed E-state index contributed by atoms with van der Waals surface area (Å²) >= 11 is 0. The van der Waals surface area contributed by atoms with E-state index >= 15 is 0 Å². The van der Waals surface area contributed by atoms with Gasteiger partial charge in [0.25, 0.3) is 0 Å². The molecule has 1 aliphatic rings. The monoisotopic (exact) mass is 289 g/mol. The number of hydrogen-bond acceptors (Lipinski definition) is 3. The quantitative estimate of drug-likeness (QED) is 0.927. The first-order chi connectivity index (χ1) is 9.47. The highest BCUT2D eigenvalue weighted by Crippen LogP contribution is 2.44. The van der Waals surface area contributed by atoms with E-state index < -0.39 is 11.7 Å². The first-order valence-corrected chi connectivity index (χ1v) is 6.51. The summed E-state index contributed by atoms with van der Waals surface area (Å²) in [6, 6.07) is 2.65. The molecule has 0 aromatic heterocycles. The van der Waals surface area contributed by atoms with Crippen molar-refractivity contribution in [3.63, 3.8) is 0 Å². The zero-order valence-electron chi connectivity index (χ0n) is 11.5. The van der Waals surface area contributed by atoms with Crippen LogP contribution in [0.15, 0.2) is 12.1 Å². The fourth-order valence-electron chi connectivity index (χ4n) is 2.62. The predicted molar refractivity (Wildman–Crippen MR) is 69.4 cm³/mol. The van der Waals surface area contributed by atoms with Crippen LogP contribution < -0.4 is 14.8 Å². The van der Waals surface area contributed by atoms with Crippen LogP contribution >= 0.6 is 0 Å². The van der Waals surface area contributed by atoms with Gasteiger partial charge in [-0.1, -0.05) is 0 Å². The molecule has 0 unspecified atom stereocenters. The van der Waals surface area contributed by atoms with Crippen molar-refractivity contribution in [2.24, 2.45) is 0 Å². The third-order valence-electron chi connectivity index (χ3n) is 3.62. The van der Waals surface area contributed by atoms with Crippen LogP contribution in [0.25, 0.3) is 0 Å². The molecule has 0 radical (unpaired) electrons. The Labute approximate surface area is 116 Å². The van der Waals surface area contributed by atoms with Gasteiger partial charge in [-0.15, -0.1) is 0 Å². The summed E-state index contributed by atoms with van der Waals surface area (Å²) in [5.74, 6) is 0.194. The molecule has 1 N–H and O–H groups in total. The molecule has 0 amide bonds. The Balaban J connectivity index is 2.53. The third kappa shape index (κ3) is 3.00. The van der Waals surface area contributed by atoms with Gasteiger partial charge in [-0.2, -0.15) is 13.2 Å². The standard InChI is InChI=1S/C14H18F3NO2/c1-19-10-7-11(9-3-5-18-6-4-9)13(20-2)12(8-10)14(15,16)17/h7-9,18H,3-6H2,1-2H3. The second-order valence-electron chi connectivity index (χ2n) is 4.82. The fourth-order valence-corrected chi connectivity index (χ4v) is 2.62. The fraction of sp³-hybridized carbons (Fsp3) is 0.571. The number of rotatable bonds is 3. The zero-order chi connectivity index (χ0) is 14.8. The van der Waals surface area contributed by atoms with Gasteiger partial charge in [0.2, 0.25) is 0 Å². The minimum Gasteiger partial charge on any atom is -0.497 e. The highest BCUT2D eigenvalue weighted by atomic mass is 19.4. The number of benzene rings is 1. The lowest BCUT2D eigenvalue weighted by molar-refractivity contribution is -0.138. The normalized spacial score (nSPS) is 17.1. The Morgan fingerprint density at radius 1 is 1.10 bits per heavy atom. The van der Waals surface area contributed by atoms with E-state index in [9.17, 15) is 13.2 Å². The van der Waals surface area contributed by atoms with Crippen LogP contribution in [0.1, 0.15) is 29.9 Å². The van der Waals surface area contributed by atoms with E-state index in [1.54, 1.807) is 6.07 Å². The Morgan fingerprint density at radius 3 is 2.25 bits per heavy atom. The minimum atomic E-state index is -4.46. The minimum absolute atomic E-state index is 0.0578. The molecule has 1 saturated heterocycles. The molecule has 1 aromatic rings. The van der Waals surface area contributed by atoms with Gasteiger partial charge in [-0.05, 0) is 44.0 Å². The third-order valence-corrected chi connectivity index (χ3v) is 3.62. The first kappa shape index (κ1) is 15.0. The summed E-state index contributed by atoms with van der Waals surface area (Å²) in [4.78, 5) is 0. The van der Waals surface area contributed by atoms with Crippen LogP contribution in [0.2, 0.25) is 0 Å². The average molecular weight is 289 g/mol. The number of nitrogens with one attached hydrogen (secondary N) is 1. The van der Waals surface area contributed by atoms with Gasteiger partial charge in [0.15, 0.2) is 0 Å². The molecule has 20 heavy (non-hydrogen) atoms. The Kier molecular flexibility index (Phi) is 4.42. The largest absolute Gasteiger partial charge is 0.497 e. The number of ether oxygens (including phenoxy) is 2. The molecule has 0 spiro atoms. The lowest BCUT2D eigenvalue weighted by Gasteiger charge is -2.26. The lowest BCUT2D eigenvalue weighted by Crippen LogP contribution is -2.27. The molecule has 0 aliphatic carbocycles. The molecule has 1 heterocycles. The average Bonchev–Trinajstić information content (AvgIpc) is 2.45. The smallest absolute Gasteiger partial charge is 0.420 e. The molecule has 0 bridgehead atoms. The van der Waals surface area contributed by atoms with E-state index in [-0.39, 0.29) is 17.4 Å². The van der Waals surface area contributed by atoms with Crippen LogP contribution in [0.5, 0.6) is 11.5 Å². The van der Waals surface area contributed by atoms with Crippen molar-refractivity contribution in [3.8, 4) is 11.5 Å². The molecule has 112 valence electrons. The van der Waals surface area contributed by atoms with E-state index in [0.29, 0.717) is 5.56 Å². The summed E-state index contributed by atoms with van der Waals surface area (Å²) in [6.45, 7) is 1.60. The summed E-state index contributed by atoms with van der Waals surface area (Å²) < 4.78 is 49.5. The maximum Gasteiger partial charge on any atom is 0.420 e. The van der Waals surface area contributed by atoms with Crippen LogP contribution in [-0.2, 0) is 6.18 Å². The molecular weight excluding hydrogens is 271 g/mol. The van der Waals surface area contributed by atoms with Gasteiger partial charge in [-0.3, -0.25) is 0 Å². The van der Waals surface area contributed by atoms with Gasteiger partial charge in [0, 0.05) is 5.56 Å². The van der Waals surface area contributed by atoms with Crippen molar-refractivity contribution in [3.05, 3.63) is 23.3 Å². The van der Waals surface area contributed by atoms with E-state index in [1.807, 2.05) is 0 Å². The lowest BCUT2D eigenvalue weighted by atomic mass is 9.88. The van der Waals surface area contributed by atoms with E-state index in [1.165, 1.54) is 14.2 Å². The highest BCUT2D eigenvalue weighted by molar-refractivity contribution is 5.50. The van der Waals surface area contributed by atoms with Gasteiger partial charge in [-0.25, -0.2) is 0 Å². The topological polar surface area (TPSA) is 30.5 Å². The number of methoxy groups -OCH3 is 2. The number of piperidine rings is 1. The highest BCUT2D eigenvalue weighted by Gasteiger charge is 2.37. The van der Waals surface area contributed by atoms with Crippen molar-refractivity contribution in [2.45, 2.75) is 24.9 Å². The predicted octanol–water partition coefficient (Wildman–Crippen LogP) is 3.19. The molecule has 0 atom stereocenters. The molecule has 1 fully saturated rings. The molecule has 3 nitrogen and oxygen atoms in total. The SMILES string of the molecule is COc1cc(C2CCNCC2)c(OC)c(C(F)(F)F)c1. The Morgan fingerprint density at radius 2 is 1.75 bits per heavy atom. The zero-order valence-corrected chi connectivity index (χ0v) is 11.5. The molecule has 1 aromatic carbocycles. The van der Waals surface area contributed by atoms with Crippen molar-refractivity contribution in [2.75, 3.05) is 27.3 Å². The molecule has 6 heteroatoms. The Hall–Kier alpha value is -1.43. The number of hydrogen-bond donors (Lipinski definition) is 1. The van der Waals surface area contributed by atoms with E-state index in [2.05, 4.69) is 5.32 Å². The molecule has 0 saturated carbocycles. The maximum atomic E-state index is 13.2. The van der Waals surface area contributed by atoms with Crippen molar-refractivity contribution < 1.29 is 22.6 Å². The summed E-state index contributed by atoms with van der Waals surface area (Å²) in [5.41, 5.74) is -0.187. The van der Waals surface area contributed by atoms with Crippen LogP contribution in [-0.4, -0.2) is 27.3 Å². The van der Waals surface area contributed by atoms with Crippen LogP contribution in [0, 0.1) is 0 Å². The van der Waals surface area contributed by atoms with Crippen molar-refractivity contribution >= 4 is 0 Å². The molecular formula is C14H18F3NO2. The second-order valence-corrected chi connectivity index (χ2v) is 4.82. The van der Waals surface area contributed by atoms with Crippen LogP contribution in [0.3, 0.4) is 0 Å². The van der Waals surface area contributed by atoms with Gasteiger partial charge in [0.05, 0.1) is 14.2 Å².